The van der Waals surface area contributed by atoms with Gasteiger partial charge in [0, 0.05) is 26.1 Å². The third kappa shape index (κ3) is 7.96. The Bertz CT molecular complexity index is 1580. The molecule has 1 heterocycles. The first kappa shape index (κ1) is 32.5. The second kappa shape index (κ2) is 13.5. The zero-order chi connectivity index (χ0) is 31.5. The van der Waals surface area contributed by atoms with Gasteiger partial charge in [0.25, 0.3) is 0 Å². The molecule has 1 atom stereocenters. The van der Waals surface area contributed by atoms with Gasteiger partial charge < -0.3 is 24.2 Å². The van der Waals surface area contributed by atoms with Crippen LogP contribution >= 0.6 is 23.2 Å². The van der Waals surface area contributed by atoms with E-state index in [1.165, 1.54) is 51.5 Å². The number of aromatic nitrogens is 1. The average Bonchev–Trinajstić information content (AvgIpc) is 3.77. The average molecular weight is 662 g/mol. The van der Waals surface area contributed by atoms with E-state index in [1.807, 2.05) is 0 Å². The van der Waals surface area contributed by atoms with Crippen molar-refractivity contribution in [1.82, 2.24) is 4.31 Å². The number of hydrogen-bond donors (Lipinski definition) is 0. The maximum Gasteiger partial charge on any atom is 0.387 e. The zero-order valence-corrected chi connectivity index (χ0v) is 25.6. The van der Waals surface area contributed by atoms with Crippen molar-refractivity contribution in [2.24, 2.45) is 5.92 Å². The maximum atomic E-state index is 13.5. The first-order valence-corrected chi connectivity index (χ1v) is 15.1. The van der Waals surface area contributed by atoms with Gasteiger partial charge in [0.15, 0.2) is 23.9 Å². The Balaban J connectivity index is 1.75. The van der Waals surface area contributed by atoms with Crippen molar-refractivity contribution >= 4 is 39.2 Å². The number of alkyl halides is 2. The monoisotopic (exact) mass is 660 g/mol. The number of carbonyl (C=O) groups excluding carboxylic acids is 1. The summed E-state index contributed by atoms with van der Waals surface area (Å²) in [6, 6.07) is 7.86. The number of sulfonamides is 1. The number of esters is 1. The van der Waals surface area contributed by atoms with Crippen molar-refractivity contribution in [1.29, 1.82) is 0 Å². The molecule has 232 valence electrons. The van der Waals surface area contributed by atoms with Crippen molar-refractivity contribution in [3.63, 3.8) is 0 Å². The summed E-state index contributed by atoms with van der Waals surface area (Å²) in [5.74, 6) is -0.806. The molecule has 43 heavy (non-hydrogen) atoms. The van der Waals surface area contributed by atoms with E-state index >= 15 is 0 Å². The van der Waals surface area contributed by atoms with Crippen LogP contribution in [0.15, 0.2) is 53.7 Å². The zero-order valence-electron chi connectivity index (χ0n) is 23.3. The van der Waals surface area contributed by atoms with Crippen LogP contribution in [0.25, 0.3) is 0 Å². The lowest BCUT2D eigenvalue weighted by molar-refractivity contribution is -0.605. The van der Waals surface area contributed by atoms with Crippen molar-refractivity contribution < 1.29 is 45.7 Å². The second-order valence-corrected chi connectivity index (χ2v) is 12.8. The standard InChI is InChI=1S/C28H28Cl2F2N2O8S/c1-33(2)43(37,38)26-11-18(7-9-23(26)39-3)27(35)41-24(12-19-20(29)13-34(36)14-21(19)30)17-6-8-22(42-28(31)32)25(10-17)40-15-16-4-5-16/h6-11,13-14,16,24,28H,4-5,12,15H2,1-3H3/t24-/m0/s1. The van der Waals surface area contributed by atoms with Crippen LogP contribution in [0.3, 0.4) is 0 Å². The smallest absolute Gasteiger partial charge is 0.387 e. The molecule has 0 unspecified atom stereocenters. The molecule has 0 saturated heterocycles. The SMILES string of the molecule is COc1ccc(C(=O)O[C@@H](Cc2c(Cl)c[n+]([O-])cc2Cl)c2ccc(OC(F)F)c(OCC3CC3)c2)cc1S(=O)(=O)N(C)C. The van der Waals surface area contributed by atoms with E-state index in [9.17, 15) is 27.2 Å². The van der Waals surface area contributed by atoms with Crippen molar-refractivity contribution in [3.8, 4) is 17.2 Å². The molecule has 1 aliphatic rings. The molecule has 0 amide bonds. The molecular formula is C28H28Cl2F2N2O8S. The number of methoxy groups -OCH3 is 1. The fourth-order valence-corrected chi connectivity index (χ4v) is 5.73. The van der Waals surface area contributed by atoms with Gasteiger partial charge in [-0.1, -0.05) is 29.3 Å². The topological polar surface area (TPSA) is 118 Å². The molecule has 1 saturated carbocycles. The van der Waals surface area contributed by atoms with E-state index in [4.69, 9.17) is 37.4 Å². The first-order chi connectivity index (χ1) is 20.3. The van der Waals surface area contributed by atoms with Crippen molar-refractivity contribution in [3.05, 3.63) is 80.7 Å². The molecular weight excluding hydrogens is 633 g/mol. The highest BCUT2D eigenvalue weighted by atomic mass is 35.5. The van der Waals surface area contributed by atoms with Gasteiger partial charge in [-0.3, -0.25) is 0 Å². The minimum Gasteiger partial charge on any atom is -0.619 e. The Labute approximate surface area is 257 Å². The molecule has 0 aliphatic heterocycles. The molecule has 2 aromatic carbocycles. The summed E-state index contributed by atoms with van der Waals surface area (Å²) in [6.45, 7) is -2.83. The highest BCUT2D eigenvalue weighted by Crippen LogP contribution is 2.38. The van der Waals surface area contributed by atoms with Gasteiger partial charge in [-0.15, -0.1) is 0 Å². The van der Waals surface area contributed by atoms with Crippen LogP contribution in [-0.2, 0) is 21.2 Å². The van der Waals surface area contributed by atoms with E-state index in [0.717, 1.165) is 35.6 Å². The molecule has 15 heteroatoms. The van der Waals surface area contributed by atoms with E-state index < -0.39 is 28.7 Å². The summed E-state index contributed by atoms with van der Waals surface area (Å²) in [5.41, 5.74) is 0.463. The van der Waals surface area contributed by atoms with E-state index in [1.54, 1.807) is 0 Å². The summed E-state index contributed by atoms with van der Waals surface area (Å²) >= 11 is 12.6. The number of hydrogen-bond acceptors (Lipinski definition) is 8. The molecule has 1 aliphatic carbocycles. The van der Waals surface area contributed by atoms with Crippen LogP contribution in [0.2, 0.25) is 10.0 Å². The van der Waals surface area contributed by atoms with E-state index in [-0.39, 0.29) is 56.3 Å². The third-order valence-corrected chi connectivity index (χ3v) is 9.07. The Morgan fingerprint density at radius 1 is 1.07 bits per heavy atom. The highest BCUT2D eigenvalue weighted by molar-refractivity contribution is 7.89. The molecule has 0 N–H and O–H groups in total. The Morgan fingerprint density at radius 3 is 2.30 bits per heavy atom. The summed E-state index contributed by atoms with van der Waals surface area (Å²) in [5, 5.41) is 11.8. The number of ether oxygens (including phenoxy) is 4. The van der Waals surface area contributed by atoms with Crippen LogP contribution in [0, 0.1) is 11.1 Å². The van der Waals surface area contributed by atoms with Crippen LogP contribution in [0.4, 0.5) is 8.78 Å². The first-order valence-electron chi connectivity index (χ1n) is 12.9. The largest absolute Gasteiger partial charge is 0.619 e. The Kier molecular flexibility index (Phi) is 10.2. The Hall–Kier alpha value is -3.39. The molecule has 1 aromatic heterocycles. The lowest BCUT2D eigenvalue weighted by Gasteiger charge is -2.22. The highest BCUT2D eigenvalue weighted by Gasteiger charge is 2.28. The quantitative estimate of drug-likeness (QED) is 0.136. The lowest BCUT2D eigenvalue weighted by atomic mass is 10.0. The van der Waals surface area contributed by atoms with Gasteiger partial charge in [0.1, 0.15) is 26.8 Å². The van der Waals surface area contributed by atoms with Crippen molar-refractivity contribution in [2.45, 2.75) is 36.9 Å². The predicted molar refractivity (Wildman–Crippen MR) is 152 cm³/mol. The van der Waals surface area contributed by atoms with Gasteiger partial charge >= 0.3 is 12.6 Å². The molecule has 4 rings (SSSR count). The van der Waals surface area contributed by atoms with Crippen LogP contribution in [-0.4, -0.2) is 53.1 Å². The minimum absolute atomic E-state index is 0.00443. The number of carbonyl (C=O) groups is 1. The number of rotatable bonds is 13. The van der Waals surface area contributed by atoms with Gasteiger partial charge in [-0.25, -0.2) is 17.5 Å². The summed E-state index contributed by atoms with van der Waals surface area (Å²) < 4.78 is 74.8. The van der Waals surface area contributed by atoms with Crippen LogP contribution in [0.5, 0.6) is 17.2 Å². The summed E-state index contributed by atoms with van der Waals surface area (Å²) in [7, 11) is -0.0491. The number of benzene rings is 2. The number of pyridine rings is 1. The summed E-state index contributed by atoms with van der Waals surface area (Å²) in [4.78, 5) is 13.2. The molecule has 0 spiro atoms. The molecule has 1 fully saturated rings. The number of nitrogens with zero attached hydrogens (tertiary/aromatic N) is 2. The predicted octanol–water partition coefficient (Wildman–Crippen LogP) is 5.42. The number of halogens is 4. The minimum atomic E-state index is -4.01. The van der Waals surface area contributed by atoms with Crippen LogP contribution < -0.4 is 18.9 Å². The molecule has 10 nitrogen and oxygen atoms in total. The van der Waals surface area contributed by atoms with Crippen molar-refractivity contribution in [2.75, 3.05) is 27.8 Å². The maximum absolute atomic E-state index is 13.5. The van der Waals surface area contributed by atoms with E-state index in [0.29, 0.717) is 16.2 Å². The molecule has 0 bridgehead atoms. The molecule has 0 radical (unpaired) electrons. The lowest BCUT2D eigenvalue weighted by Crippen LogP contribution is -2.25. The normalized spacial score (nSPS) is 14.1. The van der Waals surface area contributed by atoms with Gasteiger partial charge in [0.2, 0.25) is 10.0 Å². The molecule has 3 aromatic rings. The van der Waals surface area contributed by atoms with Gasteiger partial charge in [-0.2, -0.15) is 13.5 Å². The van der Waals surface area contributed by atoms with Gasteiger partial charge in [-0.05, 0) is 54.7 Å². The second-order valence-electron chi connectivity index (χ2n) is 9.88. The van der Waals surface area contributed by atoms with E-state index in [2.05, 4.69) is 4.74 Å². The fraction of sp³-hybridized carbons (Fsp3) is 0.357. The van der Waals surface area contributed by atoms with Crippen LogP contribution in [0.1, 0.15) is 40.4 Å². The third-order valence-electron chi connectivity index (χ3n) is 6.58. The van der Waals surface area contributed by atoms with Gasteiger partial charge in [0.05, 0.1) is 19.3 Å². The fourth-order valence-electron chi connectivity index (χ4n) is 4.06. The Morgan fingerprint density at radius 2 is 1.72 bits per heavy atom. The summed E-state index contributed by atoms with van der Waals surface area (Å²) in [6.07, 6.45) is 2.76.